The zero-order chi connectivity index (χ0) is 31.8. The van der Waals surface area contributed by atoms with Gasteiger partial charge in [-0.25, -0.2) is 14.4 Å². The number of ether oxygens (including phenoxy) is 5. The zero-order valence-corrected chi connectivity index (χ0v) is 27.2. The van der Waals surface area contributed by atoms with Crippen molar-refractivity contribution in [3.8, 4) is 5.75 Å². The van der Waals surface area contributed by atoms with Crippen LogP contribution in [0.4, 0.5) is 14.4 Å². The van der Waals surface area contributed by atoms with Crippen molar-refractivity contribution in [2.75, 3.05) is 26.7 Å². The van der Waals surface area contributed by atoms with E-state index in [-0.39, 0.29) is 6.54 Å². The van der Waals surface area contributed by atoms with Crippen LogP contribution in [0.2, 0.25) is 0 Å². The maximum atomic E-state index is 13.4. The third-order valence-corrected chi connectivity index (χ3v) is 6.60. The quantitative estimate of drug-likeness (QED) is 0.282. The number of hydrogen-bond acceptors (Lipinski definition) is 9. The molecule has 1 N–H and O–H groups in total. The van der Waals surface area contributed by atoms with Crippen molar-refractivity contribution < 1.29 is 38.1 Å². The van der Waals surface area contributed by atoms with Gasteiger partial charge < -0.3 is 29.0 Å². The highest BCUT2D eigenvalue weighted by atomic mass is 16.7. The predicted molar refractivity (Wildman–Crippen MR) is 160 cm³/mol. The Morgan fingerprint density at radius 1 is 0.929 bits per heavy atom. The van der Waals surface area contributed by atoms with Crippen molar-refractivity contribution in [1.82, 2.24) is 15.1 Å². The number of rotatable bonds is 10. The number of nitrogens with zero attached hydrogens (tertiary/aromatic N) is 2. The second-order valence-electron chi connectivity index (χ2n) is 13.1. The fourth-order valence-corrected chi connectivity index (χ4v) is 4.84. The summed E-state index contributed by atoms with van der Waals surface area (Å²) in [6.07, 6.45) is -3.85. The van der Waals surface area contributed by atoms with Crippen molar-refractivity contribution in [3.05, 3.63) is 29.8 Å². The topological polar surface area (TPSA) is 116 Å². The molecule has 1 fully saturated rings. The van der Waals surface area contributed by atoms with Crippen LogP contribution in [0.1, 0.15) is 74.8 Å². The lowest BCUT2D eigenvalue weighted by Crippen LogP contribution is -2.47. The Bertz CT molecular complexity index is 1020. The van der Waals surface area contributed by atoms with Crippen LogP contribution in [0, 0.1) is 0 Å². The summed E-state index contributed by atoms with van der Waals surface area (Å²) < 4.78 is 27.9. The van der Waals surface area contributed by atoms with Crippen LogP contribution >= 0.6 is 0 Å². The lowest BCUT2D eigenvalue weighted by atomic mass is 10.0. The lowest BCUT2D eigenvalue weighted by Gasteiger charge is -2.31. The number of nitrogens with one attached hydrogen (secondary N) is 1. The van der Waals surface area contributed by atoms with Crippen LogP contribution in [0.15, 0.2) is 24.3 Å². The maximum Gasteiger partial charge on any atom is 0.509 e. The molecule has 0 aromatic heterocycles. The summed E-state index contributed by atoms with van der Waals surface area (Å²) in [6.45, 7) is 19.8. The molecule has 3 atom stereocenters. The Morgan fingerprint density at radius 2 is 1.50 bits per heavy atom. The van der Waals surface area contributed by atoms with E-state index < -0.39 is 47.8 Å². The molecule has 1 heterocycles. The highest BCUT2D eigenvalue weighted by molar-refractivity contribution is 5.71. The molecule has 0 unspecified atom stereocenters. The van der Waals surface area contributed by atoms with Crippen molar-refractivity contribution in [3.63, 3.8) is 0 Å². The van der Waals surface area contributed by atoms with Gasteiger partial charge in [-0.2, -0.15) is 0 Å². The Kier molecular flexibility index (Phi) is 12.3. The molecule has 42 heavy (non-hydrogen) atoms. The number of methoxy groups -OCH3 is 1. The van der Waals surface area contributed by atoms with Gasteiger partial charge in [0.05, 0.1) is 19.7 Å². The fourth-order valence-electron chi connectivity index (χ4n) is 4.84. The summed E-state index contributed by atoms with van der Waals surface area (Å²) in [5.41, 5.74) is -0.695. The van der Waals surface area contributed by atoms with Gasteiger partial charge in [-0.15, -0.1) is 0 Å². The van der Waals surface area contributed by atoms with Crippen LogP contribution in [-0.2, 0) is 25.4 Å². The molecule has 0 radical (unpaired) electrons. The van der Waals surface area contributed by atoms with Crippen LogP contribution < -0.4 is 10.1 Å². The molecule has 238 valence electrons. The van der Waals surface area contributed by atoms with E-state index >= 15 is 0 Å². The molecule has 1 saturated heterocycles. The van der Waals surface area contributed by atoms with E-state index in [0.29, 0.717) is 37.3 Å². The predicted octanol–water partition coefficient (Wildman–Crippen LogP) is 5.39. The molecule has 0 saturated carbocycles. The number of benzene rings is 1. The normalized spacial score (nSPS) is 19.2. The molecule has 11 nitrogen and oxygen atoms in total. The van der Waals surface area contributed by atoms with E-state index in [1.165, 1.54) is 4.90 Å². The molecular formula is C31H51N3O8. The van der Waals surface area contributed by atoms with E-state index in [9.17, 15) is 14.4 Å². The first-order valence-corrected chi connectivity index (χ1v) is 14.6. The smallest absolute Gasteiger partial charge is 0.497 e. The Morgan fingerprint density at radius 3 is 2.00 bits per heavy atom. The minimum Gasteiger partial charge on any atom is -0.497 e. The third kappa shape index (κ3) is 11.2. The monoisotopic (exact) mass is 593 g/mol. The van der Waals surface area contributed by atoms with Crippen molar-refractivity contribution in [1.29, 1.82) is 0 Å². The van der Waals surface area contributed by atoms with Gasteiger partial charge in [-0.3, -0.25) is 9.80 Å². The summed E-state index contributed by atoms with van der Waals surface area (Å²) >= 11 is 0. The first-order chi connectivity index (χ1) is 19.4. The second-order valence-corrected chi connectivity index (χ2v) is 13.1. The third-order valence-electron chi connectivity index (χ3n) is 6.60. The van der Waals surface area contributed by atoms with Crippen molar-refractivity contribution in [2.24, 2.45) is 0 Å². The Balaban J connectivity index is 2.35. The number of carbonyl (C=O) groups excluding carboxylic acids is 3. The molecule has 11 heteroatoms. The van der Waals surface area contributed by atoms with Gasteiger partial charge in [0.1, 0.15) is 17.0 Å². The minimum absolute atomic E-state index is 0.0403. The van der Waals surface area contributed by atoms with E-state index in [0.717, 1.165) is 5.56 Å². The molecule has 1 aliphatic rings. The highest BCUT2D eigenvalue weighted by Gasteiger charge is 2.50. The van der Waals surface area contributed by atoms with Gasteiger partial charge in [0.15, 0.2) is 12.2 Å². The molecule has 0 aliphatic carbocycles. The van der Waals surface area contributed by atoms with Gasteiger partial charge in [0.2, 0.25) is 0 Å². The van der Waals surface area contributed by atoms with E-state index in [4.69, 9.17) is 23.7 Å². The largest absolute Gasteiger partial charge is 0.509 e. The van der Waals surface area contributed by atoms with Crippen molar-refractivity contribution >= 4 is 18.3 Å². The van der Waals surface area contributed by atoms with E-state index in [2.05, 4.69) is 37.9 Å². The van der Waals surface area contributed by atoms with E-state index in [1.54, 1.807) is 48.7 Å². The number of hydrogen-bond donors (Lipinski definition) is 1. The molecule has 0 bridgehead atoms. The standard InChI is InChI=1S/C31H51N3O8/c1-20(2)33(21(3)4)17-16-32-27(35)40-26-24(18-22-12-14-23(38-11)15-13-22)34(28(36)41-30(5,6)7)19-25(26)39-29(37)42-31(8,9)10/h12-15,20-21,24-26H,16-19H2,1-11H3,(H,32,35)/t24-,25+,26+/m1/s1. The van der Waals surface area contributed by atoms with Crippen LogP contribution in [0.5, 0.6) is 5.75 Å². The summed E-state index contributed by atoms with van der Waals surface area (Å²) in [6, 6.07) is 7.30. The first kappa shape index (κ1) is 35.0. The summed E-state index contributed by atoms with van der Waals surface area (Å²) in [7, 11) is 1.58. The number of alkyl carbamates (subject to hydrolysis) is 1. The van der Waals surface area contributed by atoms with E-state index in [1.807, 2.05) is 24.3 Å². The number of carbonyl (C=O) groups is 3. The SMILES string of the molecule is COc1ccc(C[C@@H]2[C@H](OC(=O)NCCN(C(C)C)C(C)C)[C@@H](OC(=O)OC(C)(C)C)CN2C(=O)OC(C)(C)C)cc1. The molecule has 2 rings (SSSR count). The van der Waals surface area contributed by atoms with Crippen molar-refractivity contribution in [2.45, 2.75) is 117 Å². The Labute approximate surface area is 251 Å². The lowest BCUT2D eigenvalue weighted by molar-refractivity contribution is -0.0518. The average molecular weight is 594 g/mol. The summed E-state index contributed by atoms with van der Waals surface area (Å²) in [5, 5.41) is 2.82. The first-order valence-electron chi connectivity index (χ1n) is 14.6. The van der Waals surface area contributed by atoms with Crippen LogP contribution in [0.3, 0.4) is 0 Å². The van der Waals surface area contributed by atoms with Gasteiger partial charge in [0, 0.05) is 25.2 Å². The second kappa shape index (κ2) is 14.8. The maximum absolute atomic E-state index is 13.4. The molecule has 2 amide bonds. The molecule has 0 spiro atoms. The minimum atomic E-state index is -0.988. The average Bonchev–Trinajstić information content (AvgIpc) is 3.15. The van der Waals surface area contributed by atoms with Gasteiger partial charge >= 0.3 is 18.3 Å². The van der Waals surface area contributed by atoms with Gasteiger partial charge in [-0.05, 0) is 93.4 Å². The fraction of sp³-hybridized carbons (Fsp3) is 0.710. The summed E-state index contributed by atoms with van der Waals surface area (Å²) in [5.74, 6) is 0.685. The van der Waals surface area contributed by atoms with Gasteiger partial charge in [-0.1, -0.05) is 12.1 Å². The molecule has 1 aromatic carbocycles. The van der Waals surface area contributed by atoms with Gasteiger partial charge in [0.25, 0.3) is 0 Å². The summed E-state index contributed by atoms with van der Waals surface area (Å²) in [4.78, 5) is 42.9. The highest BCUT2D eigenvalue weighted by Crippen LogP contribution is 2.30. The molecular weight excluding hydrogens is 542 g/mol. The van der Waals surface area contributed by atoms with Crippen LogP contribution in [-0.4, -0.2) is 96.4 Å². The zero-order valence-electron chi connectivity index (χ0n) is 27.2. The number of likely N-dealkylation sites (tertiary alicyclic amines) is 1. The number of amides is 2. The van der Waals surface area contributed by atoms with Crippen LogP contribution in [0.25, 0.3) is 0 Å². The molecule has 1 aromatic rings. The Hall–Kier alpha value is -3.21. The molecule has 1 aliphatic heterocycles.